The van der Waals surface area contributed by atoms with E-state index in [1.807, 2.05) is 0 Å². The fourth-order valence-corrected chi connectivity index (χ4v) is 3.50. The molecule has 2 N–H and O–H groups in total. The summed E-state index contributed by atoms with van der Waals surface area (Å²) in [4.78, 5) is 28.9. The predicted molar refractivity (Wildman–Crippen MR) is 108 cm³/mol. The summed E-state index contributed by atoms with van der Waals surface area (Å²) in [6.07, 6.45) is 3.03. The molecular weight excluding hydrogens is 430 g/mol. The lowest BCUT2D eigenvalue weighted by Crippen LogP contribution is -2.30. The number of hydrogen-bond donors (Lipinski definition) is 2. The number of alkyl halides is 1. The molecule has 1 aliphatic rings. The van der Waals surface area contributed by atoms with Crippen LogP contribution < -0.4 is 10.1 Å². The minimum absolute atomic E-state index is 0.0166. The fourth-order valence-electron chi connectivity index (χ4n) is 3.28. The highest BCUT2D eigenvalue weighted by Gasteiger charge is 2.33. The maximum atomic E-state index is 13.8. The van der Waals surface area contributed by atoms with Gasteiger partial charge in [-0.05, 0) is 29.8 Å². The zero-order valence-corrected chi connectivity index (χ0v) is 16.5. The molecule has 4 rings (SSSR count). The molecule has 0 spiro atoms. The van der Waals surface area contributed by atoms with Crippen molar-refractivity contribution in [3.8, 4) is 11.8 Å². The summed E-state index contributed by atoms with van der Waals surface area (Å²) in [6.45, 7) is -1.23. The van der Waals surface area contributed by atoms with Gasteiger partial charge in [-0.1, -0.05) is 23.7 Å². The lowest BCUT2D eigenvalue weighted by molar-refractivity contribution is -0.123. The Morgan fingerprint density at radius 1 is 1.26 bits per heavy atom. The monoisotopic (exact) mass is 442 g/mol. The Morgan fingerprint density at radius 2 is 2.06 bits per heavy atom. The maximum absolute atomic E-state index is 13.8. The molecule has 1 aromatic heterocycles. The predicted octanol–water partition coefficient (Wildman–Crippen LogP) is 4.23. The molecule has 3 aromatic rings. The highest BCUT2D eigenvalue weighted by atomic mass is 35.5. The molecule has 156 valence electrons. The van der Waals surface area contributed by atoms with Gasteiger partial charge in [0.25, 0.3) is 5.91 Å². The van der Waals surface area contributed by atoms with Crippen molar-refractivity contribution in [2.24, 2.45) is 0 Å². The topological polar surface area (TPSA) is 98.2 Å². The van der Waals surface area contributed by atoms with Gasteiger partial charge in [-0.3, -0.25) is 9.69 Å². The summed E-state index contributed by atoms with van der Waals surface area (Å²) >= 11 is 6.04. The molecule has 31 heavy (non-hydrogen) atoms. The van der Waals surface area contributed by atoms with Crippen LogP contribution in [0.25, 0.3) is 17.0 Å². The number of aromatic nitrogens is 1. The van der Waals surface area contributed by atoms with Crippen LogP contribution in [-0.4, -0.2) is 28.7 Å². The molecule has 1 fully saturated rings. The summed E-state index contributed by atoms with van der Waals surface area (Å²) in [5, 5.41) is 12.1. The van der Waals surface area contributed by atoms with Crippen molar-refractivity contribution in [1.29, 1.82) is 5.26 Å². The number of halogens is 3. The van der Waals surface area contributed by atoms with Gasteiger partial charge in [0.15, 0.2) is 5.75 Å². The molecule has 0 aliphatic carbocycles. The van der Waals surface area contributed by atoms with Crippen molar-refractivity contribution in [3.63, 3.8) is 0 Å². The molecule has 0 bridgehead atoms. The van der Waals surface area contributed by atoms with Crippen molar-refractivity contribution >= 4 is 40.5 Å². The van der Waals surface area contributed by atoms with Gasteiger partial charge in [-0.15, -0.1) is 0 Å². The van der Waals surface area contributed by atoms with E-state index in [-0.39, 0.29) is 28.6 Å². The van der Waals surface area contributed by atoms with E-state index in [1.165, 1.54) is 24.3 Å². The first-order valence-corrected chi connectivity index (χ1v) is 9.32. The highest BCUT2D eigenvalue weighted by molar-refractivity contribution is 6.33. The summed E-state index contributed by atoms with van der Waals surface area (Å²) in [6, 6.07) is 8.12. The minimum Gasteiger partial charge on any atom is -0.459 e. The molecule has 0 radical (unpaired) electrons. The van der Waals surface area contributed by atoms with Crippen LogP contribution in [0.4, 0.5) is 13.6 Å². The number of carbonyl (C=O) groups is 2. The van der Waals surface area contributed by atoms with Gasteiger partial charge in [-0.25, -0.2) is 13.6 Å². The molecule has 0 saturated carbocycles. The number of aromatic amines is 1. The van der Waals surface area contributed by atoms with E-state index in [0.29, 0.717) is 22.0 Å². The number of nitrogens with zero attached hydrogens (tertiary/aromatic N) is 2. The Bertz CT molecular complexity index is 1300. The van der Waals surface area contributed by atoms with E-state index in [9.17, 15) is 18.4 Å². The van der Waals surface area contributed by atoms with E-state index in [1.54, 1.807) is 18.3 Å². The molecule has 0 atom stereocenters. The summed E-state index contributed by atoms with van der Waals surface area (Å²) in [7, 11) is 0. The summed E-state index contributed by atoms with van der Waals surface area (Å²) in [5.41, 5.74) is 1.24. The van der Waals surface area contributed by atoms with Crippen LogP contribution in [0.15, 0.2) is 42.2 Å². The van der Waals surface area contributed by atoms with Gasteiger partial charge in [0.2, 0.25) is 6.86 Å². The summed E-state index contributed by atoms with van der Waals surface area (Å²) in [5.74, 6) is -1.19. The SMILES string of the molecule is N#Cc1ccc(CN2C(=O)NC(=Cc3c[nH]c4c(OCF)c(Cl)ccc34)C2=O)cc1F. The Kier molecular flexibility index (Phi) is 5.31. The van der Waals surface area contributed by atoms with Crippen molar-refractivity contribution in [1.82, 2.24) is 15.2 Å². The molecule has 1 aliphatic heterocycles. The van der Waals surface area contributed by atoms with Gasteiger partial charge in [0, 0.05) is 17.1 Å². The van der Waals surface area contributed by atoms with Crippen molar-refractivity contribution in [2.45, 2.75) is 6.54 Å². The minimum atomic E-state index is -1.06. The van der Waals surface area contributed by atoms with E-state index >= 15 is 0 Å². The second kappa shape index (κ2) is 8.08. The Labute approximate surface area is 179 Å². The average Bonchev–Trinajstić information content (AvgIpc) is 3.26. The maximum Gasteiger partial charge on any atom is 0.329 e. The van der Waals surface area contributed by atoms with Gasteiger partial charge < -0.3 is 15.0 Å². The van der Waals surface area contributed by atoms with Crippen LogP contribution in [0.5, 0.6) is 5.75 Å². The second-order valence-electron chi connectivity index (χ2n) is 6.60. The first-order chi connectivity index (χ1) is 14.9. The van der Waals surface area contributed by atoms with E-state index < -0.39 is 24.6 Å². The highest BCUT2D eigenvalue weighted by Crippen LogP contribution is 2.35. The first kappa shape index (κ1) is 20.4. The Hall–Kier alpha value is -3.90. The number of hydrogen-bond acceptors (Lipinski definition) is 4. The summed E-state index contributed by atoms with van der Waals surface area (Å²) < 4.78 is 31.4. The molecule has 2 aromatic carbocycles. The fraction of sp³-hybridized carbons (Fsp3) is 0.0952. The standard InChI is InChI=1S/C21H13ClF2N4O3/c22-15-4-3-14-13(8-26-18(14)19(15)31-10-23)6-17-20(29)28(21(30)27-17)9-11-1-2-12(7-25)16(24)5-11/h1-6,8,26H,9-10H2,(H,27,30). The number of benzene rings is 2. The smallest absolute Gasteiger partial charge is 0.329 e. The average molecular weight is 443 g/mol. The first-order valence-electron chi connectivity index (χ1n) is 8.94. The van der Waals surface area contributed by atoms with Crippen molar-refractivity contribution in [2.75, 3.05) is 6.86 Å². The van der Waals surface area contributed by atoms with Crippen molar-refractivity contribution < 1.29 is 23.1 Å². The van der Waals surface area contributed by atoms with Crippen LogP contribution in [0.3, 0.4) is 0 Å². The number of amides is 3. The number of carbonyl (C=O) groups excluding carboxylic acids is 2. The third-order valence-electron chi connectivity index (χ3n) is 4.75. The van der Waals surface area contributed by atoms with Crippen LogP contribution in [0.2, 0.25) is 5.02 Å². The third kappa shape index (κ3) is 3.69. The number of fused-ring (bicyclic) bond motifs is 1. The molecular formula is C21H13ClF2N4O3. The Balaban J connectivity index is 1.62. The lowest BCUT2D eigenvalue weighted by Gasteiger charge is -2.12. The van der Waals surface area contributed by atoms with Crippen LogP contribution in [0, 0.1) is 17.1 Å². The number of nitriles is 1. The van der Waals surface area contributed by atoms with Crippen LogP contribution >= 0.6 is 11.6 Å². The number of nitrogens with one attached hydrogen (secondary N) is 2. The number of H-pyrrole nitrogens is 1. The quantitative estimate of drug-likeness (QED) is 0.456. The van der Waals surface area contributed by atoms with Crippen LogP contribution in [0.1, 0.15) is 16.7 Å². The molecule has 1 saturated heterocycles. The lowest BCUT2D eigenvalue weighted by atomic mass is 10.1. The molecule has 7 nitrogen and oxygen atoms in total. The zero-order valence-electron chi connectivity index (χ0n) is 15.7. The van der Waals surface area contributed by atoms with Crippen LogP contribution in [-0.2, 0) is 11.3 Å². The number of ether oxygens (including phenoxy) is 1. The van der Waals surface area contributed by atoms with Gasteiger partial charge >= 0.3 is 6.03 Å². The van der Waals surface area contributed by atoms with Gasteiger partial charge in [0.1, 0.15) is 17.6 Å². The second-order valence-corrected chi connectivity index (χ2v) is 7.01. The van der Waals surface area contributed by atoms with Gasteiger partial charge in [0.05, 0.1) is 22.6 Å². The number of imide groups is 1. The number of rotatable bonds is 5. The number of urea groups is 1. The largest absolute Gasteiger partial charge is 0.459 e. The molecule has 10 heteroatoms. The Morgan fingerprint density at radius 3 is 2.77 bits per heavy atom. The van der Waals surface area contributed by atoms with E-state index in [4.69, 9.17) is 21.6 Å². The van der Waals surface area contributed by atoms with E-state index in [0.717, 1.165) is 11.0 Å². The molecule has 3 amide bonds. The zero-order chi connectivity index (χ0) is 22.1. The van der Waals surface area contributed by atoms with E-state index in [2.05, 4.69) is 10.3 Å². The normalized spacial score (nSPS) is 14.9. The third-order valence-corrected chi connectivity index (χ3v) is 5.05. The van der Waals surface area contributed by atoms with Crippen molar-refractivity contribution in [3.05, 3.63) is 69.8 Å². The molecule has 2 heterocycles. The molecule has 0 unspecified atom stereocenters. The van der Waals surface area contributed by atoms with Gasteiger partial charge in [-0.2, -0.15) is 5.26 Å².